The van der Waals surface area contributed by atoms with Gasteiger partial charge in [-0.05, 0) is 64.2 Å². The smallest absolute Gasteiger partial charge is 0.303 e. The van der Waals surface area contributed by atoms with Crippen molar-refractivity contribution in [1.82, 2.24) is 0 Å². The molecule has 0 fully saturated rings. The lowest BCUT2D eigenvalue weighted by Crippen LogP contribution is -2.41. The van der Waals surface area contributed by atoms with Crippen molar-refractivity contribution in [2.24, 2.45) is 0 Å². The molecule has 0 atom stereocenters. The molecular formula is C38H74NO2+. The van der Waals surface area contributed by atoms with Crippen LogP contribution in [0.2, 0.25) is 0 Å². The molecule has 0 aliphatic carbocycles. The molecule has 0 amide bonds. The van der Waals surface area contributed by atoms with Crippen molar-refractivity contribution >= 4 is 5.97 Å². The van der Waals surface area contributed by atoms with E-state index in [1.165, 1.54) is 172 Å². The van der Waals surface area contributed by atoms with E-state index in [1.54, 1.807) is 0 Å². The monoisotopic (exact) mass is 577 g/mol. The first-order chi connectivity index (χ1) is 20.0. The first-order valence-corrected chi connectivity index (χ1v) is 18.3. The first kappa shape index (κ1) is 39.9. The minimum absolute atomic E-state index is 0.342. The molecule has 1 N–H and O–H groups in total. The Bertz CT molecular complexity index is 595. The number of carboxylic acids is 1. The fraction of sp³-hybridized carbons (Fsp3) is 0.868. The Kier molecular flexibility index (Phi) is 31.0. The summed E-state index contributed by atoms with van der Waals surface area (Å²) < 4.78 is 1.21. The Hall–Kier alpha value is -1.09. The van der Waals surface area contributed by atoms with Gasteiger partial charge >= 0.3 is 5.97 Å². The van der Waals surface area contributed by atoms with Crippen molar-refractivity contribution in [3.05, 3.63) is 24.3 Å². The van der Waals surface area contributed by atoms with E-state index in [0.717, 1.165) is 19.3 Å². The predicted octanol–water partition coefficient (Wildman–Crippen LogP) is 12.2. The van der Waals surface area contributed by atoms with Crippen LogP contribution >= 0.6 is 0 Å². The summed E-state index contributed by atoms with van der Waals surface area (Å²) in [6, 6.07) is 0. The minimum atomic E-state index is -0.651. The molecule has 0 radical (unpaired) electrons. The van der Waals surface area contributed by atoms with Gasteiger partial charge in [-0.2, -0.15) is 0 Å². The summed E-state index contributed by atoms with van der Waals surface area (Å²) in [5, 5.41) is 8.65. The van der Waals surface area contributed by atoms with Crippen molar-refractivity contribution in [3.63, 3.8) is 0 Å². The molecule has 0 aliphatic heterocycles. The summed E-state index contributed by atoms with van der Waals surface area (Å²) in [5.74, 6) is -0.651. The molecular weight excluding hydrogens is 502 g/mol. The van der Waals surface area contributed by atoms with E-state index in [0.29, 0.717) is 6.42 Å². The molecule has 0 aromatic heterocycles. The van der Waals surface area contributed by atoms with E-state index in [-0.39, 0.29) is 0 Å². The zero-order valence-electron chi connectivity index (χ0n) is 28.3. The van der Waals surface area contributed by atoms with Crippen molar-refractivity contribution in [3.8, 4) is 0 Å². The Morgan fingerprint density at radius 1 is 0.488 bits per heavy atom. The van der Waals surface area contributed by atoms with Gasteiger partial charge in [-0.15, -0.1) is 0 Å². The quantitative estimate of drug-likeness (QED) is 0.0479. The van der Waals surface area contributed by atoms with Crippen LogP contribution in [0.15, 0.2) is 24.3 Å². The molecule has 0 heterocycles. The lowest BCUT2D eigenvalue weighted by atomic mass is 10.0. The minimum Gasteiger partial charge on any atom is -0.481 e. The number of quaternary nitrogens is 1. The Morgan fingerprint density at radius 2 is 0.829 bits per heavy atom. The van der Waals surface area contributed by atoms with Gasteiger partial charge in [0, 0.05) is 6.42 Å². The molecule has 3 nitrogen and oxygen atoms in total. The van der Waals surface area contributed by atoms with Crippen LogP contribution in [-0.2, 0) is 4.79 Å². The van der Waals surface area contributed by atoms with Crippen LogP contribution in [0.25, 0.3) is 0 Å². The third-order valence-corrected chi connectivity index (χ3v) is 8.62. The van der Waals surface area contributed by atoms with E-state index in [4.69, 9.17) is 5.11 Å². The lowest BCUT2D eigenvalue weighted by molar-refractivity contribution is -0.890. The molecule has 0 bridgehead atoms. The summed E-state index contributed by atoms with van der Waals surface area (Å²) >= 11 is 0. The second kappa shape index (κ2) is 31.8. The van der Waals surface area contributed by atoms with Gasteiger partial charge in [0.2, 0.25) is 0 Å². The van der Waals surface area contributed by atoms with Gasteiger partial charge in [-0.25, -0.2) is 0 Å². The molecule has 0 saturated carbocycles. The van der Waals surface area contributed by atoms with Crippen molar-refractivity contribution in [2.75, 3.05) is 27.2 Å². The fourth-order valence-corrected chi connectivity index (χ4v) is 5.75. The third-order valence-electron chi connectivity index (χ3n) is 8.62. The average molecular weight is 577 g/mol. The van der Waals surface area contributed by atoms with E-state index in [1.807, 2.05) is 0 Å². The maximum atomic E-state index is 10.5. The zero-order valence-corrected chi connectivity index (χ0v) is 28.3. The summed E-state index contributed by atoms with van der Waals surface area (Å²) in [6.07, 6.45) is 45.6. The molecule has 3 heteroatoms. The molecule has 0 unspecified atom stereocenters. The molecule has 41 heavy (non-hydrogen) atoms. The SMILES string of the molecule is CCCCCC=CCC=CCCCCCCCC[N+](C)(C)CCCCCCCCCCCCCCCCCC(=O)O. The van der Waals surface area contributed by atoms with Crippen molar-refractivity contribution in [1.29, 1.82) is 0 Å². The van der Waals surface area contributed by atoms with Gasteiger partial charge in [0.05, 0.1) is 27.2 Å². The van der Waals surface area contributed by atoms with Crippen LogP contribution in [0.3, 0.4) is 0 Å². The highest BCUT2D eigenvalue weighted by molar-refractivity contribution is 5.66. The van der Waals surface area contributed by atoms with Crippen LogP contribution in [0.4, 0.5) is 0 Å². The molecule has 0 spiro atoms. The highest BCUT2D eigenvalue weighted by atomic mass is 16.4. The number of hydrogen-bond donors (Lipinski definition) is 1. The van der Waals surface area contributed by atoms with Crippen LogP contribution in [-0.4, -0.2) is 42.7 Å². The van der Waals surface area contributed by atoms with Crippen LogP contribution in [0, 0.1) is 0 Å². The number of aliphatic carboxylic acids is 1. The normalized spacial score (nSPS) is 12.3. The summed E-state index contributed by atoms with van der Waals surface area (Å²) in [5.41, 5.74) is 0. The number of unbranched alkanes of at least 4 members (excludes halogenated alkanes) is 23. The average Bonchev–Trinajstić information content (AvgIpc) is 2.94. The van der Waals surface area contributed by atoms with E-state index in [9.17, 15) is 4.79 Å². The predicted molar refractivity (Wildman–Crippen MR) is 183 cm³/mol. The summed E-state index contributed by atoms with van der Waals surface area (Å²) in [4.78, 5) is 10.5. The van der Waals surface area contributed by atoms with Gasteiger partial charge in [0.1, 0.15) is 0 Å². The fourth-order valence-electron chi connectivity index (χ4n) is 5.75. The number of nitrogens with zero attached hydrogens (tertiary/aromatic N) is 1. The first-order valence-electron chi connectivity index (χ1n) is 18.3. The number of carboxylic acid groups (broad SMARTS) is 1. The third kappa shape index (κ3) is 35.0. The Labute approximate surface area is 258 Å². The largest absolute Gasteiger partial charge is 0.481 e. The molecule has 0 aromatic carbocycles. The second-order valence-corrected chi connectivity index (χ2v) is 13.4. The summed E-state index contributed by atoms with van der Waals surface area (Å²) in [6.45, 7) is 4.96. The standard InChI is InChI=1S/C38H73NO2/c1-4-5-6-7-8-9-10-11-12-15-18-21-24-27-30-33-36-39(2,3)37-34-31-28-25-22-19-16-13-14-17-20-23-26-29-32-35-38(40)41/h8-9,11-12H,4-7,10,13-37H2,1-3H3/p+1. The number of carbonyl (C=O) groups is 1. The van der Waals surface area contributed by atoms with Gasteiger partial charge in [0.15, 0.2) is 0 Å². The Morgan fingerprint density at radius 3 is 1.22 bits per heavy atom. The topological polar surface area (TPSA) is 37.3 Å². The maximum Gasteiger partial charge on any atom is 0.303 e. The summed E-state index contributed by atoms with van der Waals surface area (Å²) in [7, 11) is 4.87. The molecule has 242 valence electrons. The number of allylic oxidation sites excluding steroid dienone is 4. The van der Waals surface area contributed by atoms with Gasteiger partial charge in [-0.1, -0.05) is 140 Å². The number of hydrogen-bond acceptors (Lipinski definition) is 1. The van der Waals surface area contributed by atoms with Crippen LogP contribution in [0.5, 0.6) is 0 Å². The Balaban J connectivity index is 3.34. The number of rotatable bonds is 33. The lowest BCUT2D eigenvalue weighted by Gasteiger charge is -2.30. The molecule has 0 aromatic rings. The second-order valence-electron chi connectivity index (χ2n) is 13.4. The molecule has 0 saturated heterocycles. The van der Waals surface area contributed by atoms with Crippen LogP contribution < -0.4 is 0 Å². The highest BCUT2D eigenvalue weighted by Gasteiger charge is 2.13. The van der Waals surface area contributed by atoms with E-state index in [2.05, 4.69) is 45.3 Å². The highest BCUT2D eigenvalue weighted by Crippen LogP contribution is 2.15. The maximum absolute atomic E-state index is 10.5. The van der Waals surface area contributed by atoms with Gasteiger partial charge in [-0.3, -0.25) is 4.79 Å². The van der Waals surface area contributed by atoms with Crippen molar-refractivity contribution in [2.45, 2.75) is 187 Å². The molecule has 0 rings (SSSR count). The van der Waals surface area contributed by atoms with Crippen molar-refractivity contribution < 1.29 is 14.4 Å². The molecule has 0 aliphatic rings. The van der Waals surface area contributed by atoms with Crippen LogP contribution in [0.1, 0.15) is 187 Å². The van der Waals surface area contributed by atoms with E-state index < -0.39 is 5.97 Å². The zero-order chi connectivity index (χ0) is 30.1. The van der Waals surface area contributed by atoms with Gasteiger partial charge in [0.25, 0.3) is 0 Å². The van der Waals surface area contributed by atoms with Gasteiger partial charge < -0.3 is 9.59 Å². The van der Waals surface area contributed by atoms with E-state index >= 15 is 0 Å².